The molecule has 2 saturated carbocycles. The van der Waals surface area contributed by atoms with Gasteiger partial charge >= 0.3 is 0 Å². The first-order valence-corrected chi connectivity index (χ1v) is 14.9. The number of hydrogen-bond acceptors (Lipinski definition) is 2. The predicted octanol–water partition coefficient (Wildman–Crippen LogP) is 7.78. The van der Waals surface area contributed by atoms with Gasteiger partial charge in [0.2, 0.25) is 0 Å². The summed E-state index contributed by atoms with van der Waals surface area (Å²) in [6.07, 6.45) is 16.4. The Morgan fingerprint density at radius 3 is 1.49 bits per heavy atom. The number of benzene rings is 4. The number of rotatable bonds is 6. The van der Waals surface area contributed by atoms with Crippen LogP contribution in [0.25, 0.3) is 0 Å². The zero-order chi connectivity index (χ0) is 27.0. The van der Waals surface area contributed by atoms with Gasteiger partial charge in [-0.15, -0.1) is 0 Å². The molecular weight excluding hydrogens is 561 g/mol. The van der Waals surface area contributed by atoms with Crippen molar-refractivity contribution in [1.29, 1.82) is 0 Å². The Kier molecular flexibility index (Phi) is 10.9. The van der Waals surface area contributed by atoms with E-state index in [2.05, 4.69) is 128 Å². The minimum atomic E-state index is -0.744. The number of aliphatic imine (C=N–C) groups is 1. The maximum Gasteiger partial charge on any atom is 0.193 e. The molecule has 2 nitrogen and oxygen atoms in total. The molecule has 3 aliphatic rings. The molecule has 0 aromatic heterocycles. The number of hydrogen-bond donors (Lipinski definition) is 0. The Labute approximate surface area is 257 Å². The Balaban J connectivity index is 0.000000510. The van der Waals surface area contributed by atoms with Crippen molar-refractivity contribution in [2.75, 3.05) is 0 Å². The molecule has 1 heterocycles. The Morgan fingerprint density at radius 2 is 0.976 bits per heavy atom. The summed E-state index contributed by atoms with van der Waals surface area (Å²) in [6.45, 7) is 0. The normalized spacial score (nSPS) is 20.6. The molecule has 2 fully saturated rings. The largest absolute Gasteiger partial charge is 0.470 e. The molecule has 4 heteroatoms. The predicted molar refractivity (Wildman–Crippen MR) is 167 cm³/mol. The van der Waals surface area contributed by atoms with E-state index in [0.717, 1.165) is 22.9 Å². The molecule has 0 saturated heterocycles. The van der Waals surface area contributed by atoms with Crippen molar-refractivity contribution in [2.24, 2.45) is 4.99 Å². The molecule has 1 aliphatic heterocycles. The molecule has 7 rings (SSSR count). The smallest absolute Gasteiger partial charge is 0.193 e. The van der Waals surface area contributed by atoms with E-state index < -0.39 is 7.92 Å². The fourth-order valence-electron chi connectivity index (χ4n) is 5.02. The molecule has 10 radical (unpaired) electrons. The average molecular weight is 591 g/mol. The van der Waals surface area contributed by atoms with Crippen molar-refractivity contribution in [3.8, 4) is 0 Å². The van der Waals surface area contributed by atoms with Crippen LogP contribution >= 0.6 is 7.92 Å². The average Bonchev–Trinajstić information content (AvgIpc) is 3.83. The second-order valence-electron chi connectivity index (χ2n) is 9.53. The van der Waals surface area contributed by atoms with E-state index in [9.17, 15) is 0 Å². The number of nitrogens with zero attached hydrogens (tertiary/aromatic N) is 1. The van der Waals surface area contributed by atoms with Crippen LogP contribution in [-0.2, 0) is 21.8 Å². The van der Waals surface area contributed by atoms with Gasteiger partial charge in [-0.2, -0.15) is 0 Å². The minimum absolute atomic E-state index is 0. The van der Waals surface area contributed by atoms with Crippen LogP contribution in [0.4, 0.5) is 0 Å². The van der Waals surface area contributed by atoms with Crippen molar-refractivity contribution in [3.63, 3.8) is 0 Å². The third-order valence-electron chi connectivity index (χ3n) is 6.90. The molecule has 4 aromatic rings. The Bertz CT molecular complexity index is 1300. The van der Waals surface area contributed by atoms with Gasteiger partial charge in [0, 0.05) is 22.7 Å². The van der Waals surface area contributed by atoms with Gasteiger partial charge in [0.15, 0.2) is 12.0 Å². The van der Waals surface area contributed by atoms with Crippen LogP contribution in [0, 0.1) is 62.9 Å². The second kappa shape index (κ2) is 15.0. The third kappa shape index (κ3) is 7.21. The van der Waals surface area contributed by atoms with Crippen LogP contribution in [-0.4, -0.2) is 5.90 Å². The molecular formula is C37H30FeNOP. The van der Waals surface area contributed by atoms with E-state index in [1.54, 1.807) is 0 Å². The molecule has 41 heavy (non-hydrogen) atoms. The van der Waals surface area contributed by atoms with Crippen molar-refractivity contribution in [3.05, 3.63) is 195 Å². The summed E-state index contributed by atoms with van der Waals surface area (Å²) in [5, 5.41) is 2.64. The van der Waals surface area contributed by atoms with Crippen LogP contribution in [0.5, 0.6) is 0 Å². The summed E-state index contributed by atoms with van der Waals surface area (Å²) in [5.74, 6) is 1.82. The molecule has 0 unspecified atom stereocenters. The van der Waals surface area contributed by atoms with Gasteiger partial charge in [0.05, 0.1) is 5.92 Å². The van der Waals surface area contributed by atoms with E-state index in [0.29, 0.717) is 0 Å². The van der Waals surface area contributed by atoms with Gasteiger partial charge in [0.25, 0.3) is 0 Å². The molecule has 0 spiro atoms. The quantitative estimate of drug-likeness (QED) is 0.166. The molecule has 2 atom stereocenters. The van der Waals surface area contributed by atoms with E-state index >= 15 is 0 Å². The fourth-order valence-corrected chi connectivity index (χ4v) is 7.46. The van der Waals surface area contributed by atoms with Gasteiger partial charge in [0.1, 0.15) is 6.04 Å². The van der Waals surface area contributed by atoms with Crippen molar-refractivity contribution in [2.45, 2.75) is 12.1 Å². The van der Waals surface area contributed by atoms with E-state index in [1.807, 2.05) is 44.2 Å². The Morgan fingerprint density at radius 1 is 0.512 bits per heavy atom. The van der Waals surface area contributed by atoms with E-state index in [1.165, 1.54) is 16.3 Å². The maximum atomic E-state index is 6.68. The summed E-state index contributed by atoms with van der Waals surface area (Å²) in [5.41, 5.74) is 3.58. The summed E-state index contributed by atoms with van der Waals surface area (Å²) < 4.78 is 6.68. The first-order valence-electron chi connectivity index (χ1n) is 13.6. The van der Waals surface area contributed by atoms with Gasteiger partial charge in [-0.05, 0) is 81.0 Å². The molecule has 2 aliphatic carbocycles. The summed E-state index contributed by atoms with van der Waals surface area (Å²) >= 11 is 0. The van der Waals surface area contributed by atoms with Crippen LogP contribution in [0.15, 0.2) is 126 Å². The van der Waals surface area contributed by atoms with Gasteiger partial charge < -0.3 is 4.74 Å². The van der Waals surface area contributed by atoms with Crippen LogP contribution in [0.1, 0.15) is 23.3 Å². The minimum Gasteiger partial charge on any atom is -0.470 e. The first kappa shape index (κ1) is 29.8. The third-order valence-corrected chi connectivity index (χ3v) is 9.40. The Hall–Kier alpha value is -2.70. The maximum absolute atomic E-state index is 6.68. The summed E-state index contributed by atoms with van der Waals surface area (Å²) in [6, 6.07) is 42.4. The standard InChI is InChI=1S/C32H25NOP.C5H5.Fe/c1-5-14-24(15-6-1)30-31(25-16-7-2-8-17-25)34-32(33-30)28-22-13-23-29(28)35(26-18-9-3-10-19-26)27-20-11-4-12-21-27;1-2-4-5-3-1;/h1-23,30-31H;1-5H;/t30-,31-;;/m0../s1. The van der Waals surface area contributed by atoms with E-state index in [4.69, 9.17) is 9.73 Å². The van der Waals surface area contributed by atoms with Crippen LogP contribution in [0.3, 0.4) is 0 Å². The van der Waals surface area contributed by atoms with Crippen molar-refractivity contribution < 1.29 is 21.8 Å². The molecule has 0 bridgehead atoms. The summed E-state index contributed by atoms with van der Waals surface area (Å²) in [7, 11) is -0.744. The van der Waals surface area contributed by atoms with Crippen molar-refractivity contribution >= 4 is 24.4 Å². The van der Waals surface area contributed by atoms with Gasteiger partial charge in [-0.25, -0.2) is 4.99 Å². The van der Waals surface area contributed by atoms with Crippen LogP contribution in [0.2, 0.25) is 0 Å². The molecule has 4 aromatic carbocycles. The van der Waals surface area contributed by atoms with Crippen LogP contribution < -0.4 is 10.6 Å². The zero-order valence-corrected chi connectivity index (χ0v) is 24.5. The SMILES string of the molecule is [CH]1[CH][CH][CH][CH]1.[CH]1[CH][C](C2=N[C@@H](c3ccccc3)[C@H](c3ccccc3)O2)[C](P(c2ccccc2)c2ccccc2)[CH]1.[Fe]. The first-order chi connectivity index (χ1) is 19.9. The van der Waals surface area contributed by atoms with Gasteiger partial charge in [-0.1, -0.05) is 121 Å². The van der Waals surface area contributed by atoms with Gasteiger partial charge in [-0.3, -0.25) is 0 Å². The molecule has 0 amide bonds. The topological polar surface area (TPSA) is 21.6 Å². The van der Waals surface area contributed by atoms with Crippen molar-refractivity contribution in [1.82, 2.24) is 0 Å². The second-order valence-corrected chi connectivity index (χ2v) is 11.7. The fraction of sp³-hybridized carbons (Fsp3) is 0.0541. The molecule has 0 N–H and O–H groups in total. The summed E-state index contributed by atoms with van der Waals surface area (Å²) in [4.78, 5) is 5.19. The zero-order valence-electron chi connectivity index (χ0n) is 22.5. The van der Waals surface area contributed by atoms with E-state index in [-0.39, 0.29) is 29.2 Å². The monoisotopic (exact) mass is 591 g/mol. The molecule has 202 valence electrons. The number of ether oxygens (including phenoxy) is 1.